The molecule has 0 saturated heterocycles. The van der Waals surface area contributed by atoms with E-state index in [-0.39, 0.29) is 5.91 Å². The number of para-hydroxylation sites is 1. The summed E-state index contributed by atoms with van der Waals surface area (Å²) in [4.78, 5) is 12.4. The molecule has 1 amide bonds. The van der Waals surface area contributed by atoms with E-state index in [0.717, 1.165) is 39.0 Å². The first-order valence-corrected chi connectivity index (χ1v) is 8.67. The van der Waals surface area contributed by atoms with E-state index in [2.05, 4.69) is 5.32 Å². The number of carbonyl (C=O) groups excluding carboxylic acids is 1. The topological polar surface area (TPSA) is 60.7 Å². The molecular formula is C22H23NO4. The van der Waals surface area contributed by atoms with Crippen molar-refractivity contribution in [1.82, 2.24) is 5.32 Å². The van der Waals surface area contributed by atoms with Crippen LogP contribution in [0, 0.1) is 6.92 Å². The fourth-order valence-electron chi connectivity index (χ4n) is 3.02. The summed E-state index contributed by atoms with van der Waals surface area (Å²) in [7, 11) is 3.22. The first-order valence-electron chi connectivity index (χ1n) is 8.67. The van der Waals surface area contributed by atoms with Crippen LogP contribution in [0.15, 0.2) is 53.2 Å². The van der Waals surface area contributed by atoms with Crippen molar-refractivity contribution in [3.05, 3.63) is 65.4 Å². The maximum absolute atomic E-state index is 12.4. The normalized spacial score (nSPS) is 11.5. The molecule has 0 bridgehead atoms. The maximum Gasteiger partial charge on any atom is 0.244 e. The quantitative estimate of drug-likeness (QED) is 0.655. The molecule has 0 saturated carbocycles. The Kier molecular flexibility index (Phi) is 5.50. The molecule has 0 aliphatic heterocycles. The van der Waals surface area contributed by atoms with Gasteiger partial charge in [-0.25, -0.2) is 0 Å². The van der Waals surface area contributed by atoms with Crippen LogP contribution in [0.4, 0.5) is 0 Å². The molecule has 140 valence electrons. The highest BCUT2D eigenvalue weighted by Gasteiger charge is 2.12. The average molecular weight is 365 g/mol. The zero-order valence-electron chi connectivity index (χ0n) is 16.0. The van der Waals surface area contributed by atoms with E-state index in [1.165, 1.54) is 0 Å². The number of furan rings is 1. The van der Waals surface area contributed by atoms with Crippen molar-refractivity contribution in [3.8, 4) is 11.5 Å². The SMILES string of the molecule is COc1ccccc1CNC(=O)/C=C(\C)c1cc2c(C)coc2cc1OC. The molecule has 27 heavy (non-hydrogen) atoms. The predicted octanol–water partition coefficient (Wildman–Crippen LogP) is 4.48. The van der Waals surface area contributed by atoms with Crippen molar-refractivity contribution in [2.45, 2.75) is 20.4 Å². The van der Waals surface area contributed by atoms with Crippen LogP contribution in [-0.4, -0.2) is 20.1 Å². The minimum atomic E-state index is -0.176. The third-order valence-corrected chi connectivity index (χ3v) is 4.51. The molecule has 0 fully saturated rings. The third-order valence-electron chi connectivity index (χ3n) is 4.51. The van der Waals surface area contributed by atoms with Gasteiger partial charge >= 0.3 is 0 Å². The number of nitrogens with one attached hydrogen (secondary N) is 1. The molecule has 0 spiro atoms. The summed E-state index contributed by atoms with van der Waals surface area (Å²) in [6.07, 6.45) is 3.29. The monoisotopic (exact) mass is 365 g/mol. The number of carbonyl (C=O) groups is 1. The highest BCUT2D eigenvalue weighted by molar-refractivity contribution is 5.97. The lowest BCUT2D eigenvalue weighted by Crippen LogP contribution is -2.21. The highest BCUT2D eigenvalue weighted by atomic mass is 16.5. The van der Waals surface area contributed by atoms with Gasteiger partial charge in [0.05, 0.1) is 20.5 Å². The molecule has 3 rings (SSSR count). The number of hydrogen-bond donors (Lipinski definition) is 1. The van der Waals surface area contributed by atoms with Crippen LogP contribution in [0.2, 0.25) is 0 Å². The van der Waals surface area contributed by atoms with E-state index >= 15 is 0 Å². The molecule has 0 radical (unpaired) electrons. The number of ether oxygens (including phenoxy) is 2. The Bertz CT molecular complexity index is 1000. The van der Waals surface area contributed by atoms with Gasteiger partial charge in [-0.3, -0.25) is 4.79 Å². The van der Waals surface area contributed by atoms with Gasteiger partial charge in [0.2, 0.25) is 5.91 Å². The molecule has 1 N–H and O–H groups in total. The Morgan fingerprint density at radius 3 is 2.63 bits per heavy atom. The number of benzene rings is 2. The first kappa shape index (κ1) is 18.6. The lowest BCUT2D eigenvalue weighted by molar-refractivity contribution is -0.116. The molecular weight excluding hydrogens is 342 g/mol. The maximum atomic E-state index is 12.4. The van der Waals surface area contributed by atoms with Crippen LogP contribution in [0.3, 0.4) is 0 Å². The van der Waals surface area contributed by atoms with Crippen LogP contribution < -0.4 is 14.8 Å². The summed E-state index contributed by atoms with van der Waals surface area (Å²) in [5.74, 6) is 1.24. The van der Waals surface area contributed by atoms with E-state index < -0.39 is 0 Å². The lowest BCUT2D eigenvalue weighted by atomic mass is 10.0. The van der Waals surface area contributed by atoms with Crippen molar-refractivity contribution in [3.63, 3.8) is 0 Å². The summed E-state index contributed by atoms with van der Waals surface area (Å²) in [6, 6.07) is 11.4. The van der Waals surface area contributed by atoms with Gasteiger partial charge in [-0.2, -0.15) is 0 Å². The molecule has 5 nitrogen and oxygen atoms in total. The minimum absolute atomic E-state index is 0.176. The molecule has 0 aliphatic carbocycles. The van der Waals surface area contributed by atoms with Gasteiger partial charge in [0, 0.05) is 35.2 Å². The molecule has 0 aliphatic rings. The minimum Gasteiger partial charge on any atom is -0.496 e. The molecule has 0 atom stereocenters. The molecule has 3 aromatic rings. The first-order chi connectivity index (χ1) is 13.0. The molecule has 0 unspecified atom stereocenters. The van der Waals surface area contributed by atoms with Gasteiger partial charge in [0.25, 0.3) is 0 Å². The van der Waals surface area contributed by atoms with Crippen LogP contribution >= 0.6 is 0 Å². The van der Waals surface area contributed by atoms with E-state index in [9.17, 15) is 4.79 Å². The number of allylic oxidation sites excluding steroid dienone is 1. The second kappa shape index (κ2) is 7.99. The van der Waals surface area contributed by atoms with E-state index in [4.69, 9.17) is 13.9 Å². The average Bonchev–Trinajstić information content (AvgIpc) is 3.05. The summed E-state index contributed by atoms with van der Waals surface area (Å²) in [5, 5.41) is 3.91. The van der Waals surface area contributed by atoms with E-state index in [0.29, 0.717) is 12.3 Å². The van der Waals surface area contributed by atoms with Crippen molar-refractivity contribution >= 4 is 22.4 Å². The number of rotatable bonds is 6. The lowest BCUT2D eigenvalue weighted by Gasteiger charge is -2.11. The smallest absolute Gasteiger partial charge is 0.244 e. The van der Waals surface area contributed by atoms with Crippen LogP contribution in [0.25, 0.3) is 16.5 Å². The van der Waals surface area contributed by atoms with Crippen molar-refractivity contribution < 1.29 is 18.7 Å². The molecule has 1 heterocycles. The zero-order chi connectivity index (χ0) is 19.4. The van der Waals surface area contributed by atoms with Crippen molar-refractivity contribution in [2.75, 3.05) is 14.2 Å². The van der Waals surface area contributed by atoms with Gasteiger partial charge in [0.1, 0.15) is 17.1 Å². The third kappa shape index (κ3) is 3.97. The second-order valence-corrected chi connectivity index (χ2v) is 6.32. The summed E-state index contributed by atoms with van der Waals surface area (Å²) < 4.78 is 16.3. The number of fused-ring (bicyclic) bond motifs is 1. The second-order valence-electron chi connectivity index (χ2n) is 6.32. The van der Waals surface area contributed by atoms with Gasteiger partial charge in [0.15, 0.2) is 0 Å². The summed E-state index contributed by atoms with van der Waals surface area (Å²) in [5.41, 5.74) is 4.41. The molecule has 5 heteroatoms. The van der Waals surface area contributed by atoms with Crippen molar-refractivity contribution in [2.24, 2.45) is 0 Å². The van der Waals surface area contributed by atoms with Gasteiger partial charge in [-0.1, -0.05) is 18.2 Å². The standard InChI is InChI=1S/C22H23NO4/c1-14(9-22(24)23-12-16-7-5-6-8-19(16)25-3)17-10-18-15(2)13-27-21(18)11-20(17)26-4/h5-11,13H,12H2,1-4H3,(H,23,24)/b14-9+. The Morgan fingerprint density at radius 2 is 1.89 bits per heavy atom. The molecule has 1 aromatic heterocycles. The van der Waals surface area contributed by atoms with Gasteiger partial charge in [-0.15, -0.1) is 0 Å². The number of hydrogen-bond acceptors (Lipinski definition) is 4. The van der Waals surface area contributed by atoms with E-state index in [1.807, 2.05) is 50.2 Å². The van der Waals surface area contributed by atoms with E-state index in [1.54, 1.807) is 26.6 Å². The number of amides is 1. The van der Waals surface area contributed by atoms with Crippen LogP contribution in [0.1, 0.15) is 23.6 Å². The van der Waals surface area contributed by atoms with Crippen molar-refractivity contribution in [1.29, 1.82) is 0 Å². The summed E-state index contributed by atoms with van der Waals surface area (Å²) in [6.45, 7) is 4.27. The van der Waals surface area contributed by atoms with Gasteiger partial charge < -0.3 is 19.2 Å². The Labute approximate surface area is 158 Å². The number of methoxy groups -OCH3 is 2. The van der Waals surface area contributed by atoms with Gasteiger partial charge in [-0.05, 0) is 37.1 Å². The number of aryl methyl sites for hydroxylation is 1. The Hall–Kier alpha value is -3.21. The largest absolute Gasteiger partial charge is 0.496 e. The fourth-order valence-corrected chi connectivity index (χ4v) is 3.02. The fraction of sp³-hybridized carbons (Fsp3) is 0.227. The Balaban J connectivity index is 1.81. The summed E-state index contributed by atoms with van der Waals surface area (Å²) >= 11 is 0. The Morgan fingerprint density at radius 1 is 1.15 bits per heavy atom. The predicted molar refractivity (Wildman–Crippen MR) is 106 cm³/mol. The zero-order valence-corrected chi connectivity index (χ0v) is 16.0. The van der Waals surface area contributed by atoms with Crippen LogP contribution in [-0.2, 0) is 11.3 Å². The molecule has 2 aromatic carbocycles. The van der Waals surface area contributed by atoms with Crippen LogP contribution in [0.5, 0.6) is 11.5 Å². The highest BCUT2D eigenvalue weighted by Crippen LogP contribution is 2.33.